The zero-order valence-corrected chi connectivity index (χ0v) is 13.1. The minimum atomic E-state index is -1.63. The standard InChI is InChI=1S/C17H15ClO4/c1-4-11-17(15(19)21-2,16(20)22-3)12-7-9-13-8-5-6-10-14(13)18/h1,5-6,8,10H,11-12H2,2-3H3. The van der Waals surface area contributed by atoms with E-state index in [-0.39, 0.29) is 12.8 Å². The Morgan fingerprint density at radius 1 is 1.18 bits per heavy atom. The molecule has 0 unspecified atom stereocenters. The Bertz CT molecular complexity index is 645. The fourth-order valence-corrected chi connectivity index (χ4v) is 2.04. The molecule has 0 aliphatic carbocycles. The zero-order valence-electron chi connectivity index (χ0n) is 12.3. The molecule has 0 heterocycles. The van der Waals surface area contributed by atoms with E-state index < -0.39 is 17.4 Å². The van der Waals surface area contributed by atoms with Crippen molar-refractivity contribution in [3.05, 3.63) is 34.9 Å². The number of rotatable bonds is 4. The van der Waals surface area contributed by atoms with E-state index in [2.05, 4.69) is 27.2 Å². The number of ether oxygens (including phenoxy) is 2. The maximum atomic E-state index is 12.0. The van der Waals surface area contributed by atoms with Gasteiger partial charge in [-0.15, -0.1) is 12.3 Å². The largest absolute Gasteiger partial charge is 0.468 e. The maximum absolute atomic E-state index is 12.0. The molecule has 1 rings (SSSR count). The Kier molecular flexibility index (Phi) is 6.50. The lowest BCUT2D eigenvalue weighted by Gasteiger charge is -2.23. The predicted molar refractivity (Wildman–Crippen MR) is 82.9 cm³/mol. The Morgan fingerprint density at radius 3 is 2.27 bits per heavy atom. The van der Waals surface area contributed by atoms with Gasteiger partial charge in [0, 0.05) is 18.4 Å². The van der Waals surface area contributed by atoms with Crippen molar-refractivity contribution in [1.82, 2.24) is 0 Å². The van der Waals surface area contributed by atoms with E-state index in [4.69, 9.17) is 18.0 Å². The number of hydrogen-bond acceptors (Lipinski definition) is 4. The number of benzene rings is 1. The number of carbonyl (C=O) groups is 2. The van der Waals surface area contributed by atoms with Crippen molar-refractivity contribution >= 4 is 23.5 Å². The van der Waals surface area contributed by atoms with Crippen LogP contribution in [0.3, 0.4) is 0 Å². The van der Waals surface area contributed by atoms with E-state index in [0.717, 1.165) is 0 Å². The van der Waals surface area contributed by atoms with Crippen LogP contribution in [0.5, 0.6) is 0 Å². The SMILES string of the molecule is C#CCC(CC#Cc1ccccc1Cl)(C(=O)OC)C(=O)OC. The highest BCUT2D eigenvalue weighted by molar-refractivity contribution is 6.31. The van der Waals surface area contributed by atoms with Crippen molar-refractivity contribution in [2.24, 2.45) is 5.41 Å². The number of esters is 2. The molecule has 114 valence electrons. The van der Waals surface area contributed by atoms with Gasteiger partial charge in [-0.25, -0.2) is 0 Å². The number of terminal acetylenes is 1. The lowest BCUT2D eigenvalue weighted by molar-refractivity contribution is -0.168. The first kappa shape index (κ1) is 17.6. The molecule has 0 spiro atoms. The quantitative estimate of drug-likeness (QED) is 0.486. The normalized spacial score (nSPS) is 9.91. The molecule has 0 aromatic heterocycles. The molecule has 0 N–H and O–H groups in total. The summed E-state index contributed by atoms with van der Waals surface area (Å²) in [6.07, 6.45) is 4.99. The summed E-state index contributed by atoms with van der Waals surface area (Å²) in [5.74, 6) is 6.34. The van der Waals surface area contributed by atoms with Gasteiger partial charge >= 0.3 is 11.9 Å². The van der Waals surface area contributed by atoms with Crippen LogP contribution in [0.4, 0.5) is 0 Å². The Labute approximate surface area is 134 Å². The van der Waals surface area contributed by atoms with Crippen LogP contribution in [0.2, 0.25) is 5.02 Å². The van der Waals surface area contributed by atoms with E-state index in [1.807, 2.05) is 0 Å². The number of carbonyl (C=O) groups excluding carboxylic acids is 2. The summed E-state index contributed by atoms with van der Waals surface area (Å²) >= 11 is 6.00. The number of hydrogen-bond donors (Lipinski definition) is 0. The van der Waals surface area contributed by atoms with Gasteiger partial charge in [0.25, 0.3) is 0 Å². The number of halogens is 1. The van der Waals surface area contributed by atoms with Gasteiger partial charge in [0.15, 0.2) is 5.41 Å². The van der Waals surface area contributed by atoms with Crippen LogP contribution in [-0.4, -0.2) is 26.2 Å². The van der Waals surface area contributed by atoms with E-state index in [1.54, 1.807) is 24.3 Å². The second-order valence-corrected chi connectivity index (χ2v) is 4.81. The van der Waals surface area contributed by atoms with E-state index in [9.17, 15) is 9.59 Å². The molecule has 0 saturated heterocycles. The summed E-state index contributed by atoms with van der Waals surface area (Å²) in [6.45, 7) is 0. The molecular formula is C17H15ClO4. The van der Waals surface area contributed by atoms with Gasteiger partial charge < -0.3 is 9.47 Å². The fraction of sp³-hybridized carbons (Fsp3) is 0.294. The molecular weight excluding hydrogens is 304 g/mol. The lowest BCUT2D eigenvalue weighted by Crippen LogP contribution is -2.40. The van der Waals surface area contributed by atoms with Crippen molar-refractivity contribution in [2.75, 3.05) is 14.2 Å². The second-order valence-electron chi connectivity index (χ2n) is 4.40. The van der Waals surface area contributed by atoms with Crippen LogP contribution in [-0.2, 0) is 19.1 Å². The molecule has 0 aliphatic rings. The first-order valence-corrected chi connectivity index (χ1v) is 6.73. The summed E-state index contributed by atoms with van der Waals surface area (Å²) in [5, 5.41) is 0.480. The van der Waals surface area contributed by atoms with Crippen LogP contribution in [0.25, 0.3) is 0 Å². The van der Waals surface area contributed by atoms with Crippen molar-refractivity contribution in [3.8, 4) is 24.2 Å². The topological polar surface area (TPSA) is 52.6 Å². The van der Waals surface area contributed by atoms with Crippen LogP contribution in [0.1, 0.15) is 18.4 Å². The third kappa shape index (κ3) is 3.81. The molecule has 1 aromatic rings. The number of methoxy groups -OCH3 is 2. The molecule has 1 aromatic carbocycles. The highest BCUT2D eigenvalue weighted by atomic mass is 35.5. The molecule has 22 heavy (non-hydrogen) atoms. The summed E-state index contributed by atoms with van der Waals surface area (Å²) in [4.78, 5) is 24.0. The Balaban J connectivity index is 3.15. The first-order valence-electron chi connectivity index (χ1n) is 6.35. The Morgan fingerprint density at radius 2 is 1.77 bits per heavy atom. The van der Waals surface area contributed by atoms with Gasteiger partial charge in [0.2, 0.25) is 0 Å². The summed E-state index contributed by atoms with van der Waals surface area (Å²) < 4.78 is 9.38. The summed E-state index contributed by atoms with van der Waals surface area (Å²) in [6, 6.07) is 6.99. The lowest BCUT2D eigenvalue weighted by atomic mass is 9.81. The second kappa shape index (κ2) is 8.12. The highest BCUT2D eigenvalue weighted by Crippen LogP contribution is 2.29. The smallest absolute Gasteiger partial charge is 0.325 e. The maximum Gasteiger partial charge on any atom is 0.325 e. The monoisotopic (exact) mass is 318 g/mol. The molecule has 0 amide bonds. The third-order valence-corrected chi connectivity index (χ3v) is 3.37. The van der Waals surface area contributed by atoms with Gasteiger partial charge in [-0.2, -0.15) is 0 Å². The molecule has 5 heteroatoms. The minimum Gasteiger partial charge on any atom is -0.468 e. The van der Waals surface area contributed by atoms with Gasteiger partial charge in [-0.1, -0.05) is 35.6 Å². The van der Waals surface area contributed by atoms with Crippen molar-refractivity contribution < 1.29 is 19.1 Å². The van der Waals surface area contributed by atoms with Crippen molar-refractivity contribution in [3.63, 3.8) is 0 Å². The first-order chi connectivity index (χ1) is 10.5. The van der Waals surface area contributed by atoms with Crippen LogP contribution in [0, 0.1) is 29.6 Å². The van der Waals surface area contributed by atoms with E-state index >= 15 is 0 Å². The van der Waals surface area contributed by atoms with Gasteiger partial charge in [0.1, 0.15) is 0 Å². The van der Waals surface area contributed by atoms with Gasteiger partial charge in [-0.3, -0.25) is 9.59 Å². The molecule has 0 bridgehead atoms. The molecule has 0 fully saturated rings. The summed E-state index contributed by atoms with van der Waals surface area (Å²) in [7, 11) is 2.36. The molecule has 0 saturated carbocycles. The predicted octanol–water partition coefficient (Wildman–Crippen LogP) is 2.44. The van der Waals surface area contributed by atoms with Crippen LogP contribution < -0.4 is 0 Å². The molecule has 0 atom stereocenters. The van der Waals surface area contributed by atoms with Gasteiger partial charge in [-0.05, 0) is 12.1 Å². The zero-order chi connectivity index (χ0) is 16.6. The fourth-order valence-electron chi connectivity index (χ4n) is 1.85. The van der Waals surface area contributed by atoms with E-state index in [0.29, 0.717) is 10.6 Å². The molecule has 0 radical (unpaired) electrons. The average molecular weight is 319 g/mol. The third-order valence-electron chi connectivity index (χ3n) is 3.04. The van der Waals surface area contributed by atoms with Crippen LogP contribution >= 0.6 is 11.6 Å². The minimum absolute atomic E-state index is 0.123. The van der Waals surface area contributed by atoms with Gasteiger partial charge in [0.05, 0.1) is 19.2 Å². The Hall–Kier alpha value is -2.43. The summed E-state index contributed by atoms with van der Waals surface area (Å²) in [5.41, 5.74) is -1.04. The van der Waals surface area contributed by atoms with E-state index in [1.165, 1.54) is 14.2 Å². The van der Waals surface area contributed by atoms with Crippen molar-refractivity contribution in [2.45, 2.75) is 12.8 Å². The average Bonchev–Trinajstić information content (AvgIpc) is 2.54. The van der Waals surface area contributed by atoms with Crippen LogP contribution in [0.15, 0.2) is 24.3 Å². The highest BCUT2D eigenvalue weighted by Gasteiger charge is 2.47. The van der Waals surface area contributed by atoms with Crippen molar-refractivity contribution in [1.29, 1.82) is 0 Å². The molecule has 4 nitrogen and oxygen atoms in total. The molecule has 0 aliphatic heterocycles.